The van der Waals surface area contributed by atoms with Crippen LogP contribution in [-0.4, -0.2) is 70.8 Å². The van der Waals surface area contributed by atoms with Crippen LogP contribution in [0.4, 0.5) is 0 Å². The molecule has 0 fully saturated rings. The van der Waals surface area contributed by atoms with E-state index in [2.05, 4.69) is 25.7 Å². The van der Waals surface area contributed by atoms with Crippen LogP contribution in [-0.2, 0) is 37.5 Å². The smallest absolute Gasteiger partial charge is 0.290 e. The van der Waals surface area contributed by atoms with Crippen LogP contribution in [0.3, 0.4) is 0 Å². The van der Waals surface area contributed by atoms with Crippen LogP contribution in [0.25, 0.3) is 0 Å². The summed E-state index contributed by atoms with van der Waals surface area (Å²) in [4.78, 5) is 10.8. The summed E-state index contributed by atoms with van der Waals surface area (Å²) < 4.78 is 0. The summed E-state index contributed by atoms with van der Waals surface area (Å²) >= 11 is 0. The van der Waals surface area contributed by atoms with Crippen molar-refractivity contribution in [2.45, 2.75) is 226 Å². The number of unbranched alkanes of at least 4 members (excludes halogenated alkanes) is 20. The number of carbonyl (C=O) groups is 1. The largest absolute Gasteiger partial charge is 0.483 e. The Morgan fingerprint density at radius 2 is 0.796 bits per heavy atom. The van der Waals surface area contributed by atoms with Crippen molar-refractivity contribution in [3.8, 4) is 0 Å². The summed E-state index contributed by atoms with van der Waals surface area (Å²) in [5.41, 5.74) is 0. The van der Waals surface area contributed by atoms with E-state index in [1.807, 2.05) is 6.92 Å². The number of aliphatic hydroxyl groups excluding tert-OH is 3. The molecule has 0 saturated carbocycles. The van der Waals surface area contributed by atoms with Gasteiger partial charge >= 0.3 is 0 Å². The Morgan fingerprint density at radius 1 is 0.469 bits per heavy atom. The molecule has 0 aliphatic heterocycles. The molecule has 0 aliphatic rings. The number of aliphatic hydroxyl groups is 3. The molecule has 1 radical (unpaired) electrons. The molecular weight excluding hydrogens is 687 g/mol. The molecule has 4 N–H and O–H groups in total. The average molecular weight is 777 g/mol. The second kappa shape index (κ2) is 52.8. The Bertz CT molecular complexity index is 541. The van der Waals surface area contributed by atoms with Gasteiger partial charge in [0.15, 0.2) is 0 Å². The molecule has 6 nitrogen and oxygen atoms in total. The molecule has 7 heteroatoms. The Morgan fingerprint density at radius 3 is 1.16 bits per heavy atom. The van der Waals surface area contributed by atoms with Crippen molar-refractivity contribution in [3.63, 3.8) is 0 Å². The standard InChI is InChI=1S/C32H67NO2.C9H20O.CH2O2.Y/c1-3-5-7-9-12-18-24-32(25-19-13-10-8-6-4-2)26-20-14-11-15-21-27-33(29-31-35)28-22-16-17-23-30-34;1-3-5-6-7-8-9(10)4-2;2-1-3;/h32,34-35H,3-31H2,1-2H3;9-10H,3-8H2,1-2H3;1H,(H,2,3);. The van der Waals surface area contributed by atoms with Crippen LogP contribution in [0.15, 0.2) is 0 Å². The summed E-state index contributed by atoms with van der Waals surface area (Å²) in [6.07, 6.45) is 39.8. The zero-order valence-corrected chi connectivity index (χ0v) is 36.5. The van der Waals surface area contributed by atoms with Crippen molar-refractivity contribution in [3.05, 3.63) is 0 Å². The number of rotatable bonds is 36. The van der Waals surface area contributed by atoms with Crippen LogP contribution in [0.1, 0.15) is 220 Å². The van der Waals surface area contributed by atoms with Gasteiger partial charge in [-0.1, -0.05) is 188 Å². The quantitative estimate of drug-likeness (QED) is 0.0373. The van der Waals surface area contributed by atoms with Gasteiger partial charge in [0.25, 0.3) is 6.47 Å². The first kappa shape index (κ1) is 56.2. The first-order valence-corrected chi connectivity index (χ1v) is 21.2. The van der Waals surface area contributed by atoms with E-state index in [-0.39, 0.29) is 51.9 Å². The molecule has 1 atom stereocenters. The van der Waals surface area contributed by atoms with Gasteiger partial charge in [-0.2, -0.15) is 0 Å². The van der Waals surface area contributed by atoms with Gasteiger partial charge < -0.3 is 25.3 Å². The third-order valence-corrected chi connectivity index (χ3v) is 9.68. The van der Waals surface area contributed by atoms with Gasteiger partial charge in [-0.15, -0.1) is 0 Å². The third-order valence-electron chi connectivity index (χ3n) is 9.68. The molecule has 0 heterocycles. The van der Waals surface area contributed by atoms with E-state index in [9.17, 15) is 5.11 Å². The molecule has 0 aromatic heterocycles. The van der Waals surface area contributed by atoms with E-state index in [1.54, 1.807) is 0 Å². The Labute approximate surface area is 332 Å². The van der Waals surface area contributed by atoms with Crippen LogP contribution in [0.5, 0.6) is 0 Å². The number of hydrogen-bond acceptors (Lipinski definition) is 5. The first-order chi connectivity index (χ1) is 23.5. The van der Waals surface area contributed by atoms with Crippen LogP contribution >= 0.6 is 0 Å². The fourth-order valence-corrected chi connectivity index (χ4v) is 6.45. The van der Waals surface area contributed by atoms with Gasteiger partial charge in [0.05, 0.1) is 12.7 Å². The SMILES string of the molecule is CCCCCCC(O)CC.CCCCCCCCC(CCCCCCCC)CCCCCCCN(CCO)CCCCCCO.O=CO.[Y]. The maximum atomic E-state index is 9.36. The van der Waals surface area contributed by atoms with Crippen molar-refractivity contribution < 1.29 is 57.9 Å². The Balaban J connectivity index is -0.000000608. The third kappa shape index (κ3) is 52.9. The van der Waals surface area contributed by atoms with E-state index < -0.39 is 0 Å². The second-order valence-corrected chi connectivity index (χ2v) is 14.3. The fraction of sp³-hybridized carbons (Fsp3) is 0.976. The minimum absolute atomic E-state index is 0. The summed E-state index contributed by atoms with van der Waals surface area (Å²) in [5.74, 6) is 0.984. The van der Waals surface area contributed by atoms with Crippen LogP contribution in [0, 0.1) is 5.92 Å². The molecule has 1 unspecified atom stereocenters. The molecule has 0 spiro atoms. The minimum Gasteiger partial charge on any atom is -0.483 e. The van der Waals surface area contributed by atoms with Crippen LogP contribution in [0.2, 0.25) is 0 Å². The molecule has 0 aromatic rings. The first-order valence-electron chi connectivity index (χ1n) is 21.2. The average Bonchev–Trinajstić information content (AvgIpc) is 3.09. The predicted octanol–water partition coefficient (Wildman–Crippen LogP) is 11.7. The molecular formula is C42H89NO5Y. The molecule has 49 heavy (non-hydrogen) atoms. The van der Waals surface area contributed by atoms with E-state index in [1.165, 1.54) is 167 Å². The number of hydrogen-bond donors (Lipinski definition) is 4. The minimum atomic E-state index is -0.250. The second-order valence-electron chi connectivity index (χ2n) is 14.3. The zero-order valence-electron chi connectivity index (χ0n) is 33.7. The molecule has 0 amide bonds. The maximum absolute atomic E-state index is 9.36. The predicted molar refractivity (Wildman–Crippen MR) is 210 cm³/mol. The van der Waals surface area contributed by atoms with Crippen LogP contribution < -0.4 is 0 Å². The van der Waals surface area contributed by atoms with Gasteiger partial charge in [0.2, 0.25) is 0 Å². The number of nitrogens with zero attached hydrogens (tertiary/aromatic N) is 1. The molecule has 0 rings (SSSR count). The Kier molecular flexibility index (Phi) is 60.5. The topological polar surface area (TPSA) is 101 Å². The van der Waals surface area contributed by atoms with Crippen molar-refractivity contribution in [2.24, 2.45) is 5.92 Å². The summed E-state index contributed by atoms with van der Waals surface area (Å²) in [6.45, 7) is 12.3. The Hall–Kier alpha value is 0.414. The van der Waals surface area contributed by atoms with Crippen molar-refractivity contribution >= 4 is 6.47 Å². The zero-order chi connectivity index (χ0) is 36.2. The maximum Gasteiger partial charge on any atom is 0.290 e. The van der Waals surface area contributed by atoms with Gasteiger partial charge in [0, 0.05) is 45.9 Å². The molecule has 0 aromatic carbocycles. The fourth-order valence-electron chi connectivity index (χ4n) is 6.45. The van der Waals surface area contributed by atoms with Gasteiger partial charge in [-0.25, -0.2) is 0 Å². The monoisotopic (exact) mass is 777 g/mol. The summed E-state index contributed by atoms with van der Waals surface area (Å²) in [5, 5.41) is 34.3. The van der Waals surface area contributed by atoms with Gasteiger partial charge in [0.1, 0.15) is 0 Å². The van der Waals surface area contributed by atoms with Gasteiger partial charge in [-0.3, -0.25) is 4.79 Å². The normalized spacial score (nSPS) is 11.4. The molecule has 0 saturated heterocycles. The van der Waals surface area contributed by atoms with E-state index in [0.29, 0.717) is 6.61 Å². The molecule has 0 aliphatic carbocycles. The van der Waals surface area contributed by atoms with Crippen molar-refractivity contribution in [2.75, 3.05) is 32.8 Å². The van der Waals surface area contributed by atoms with E-state index >= 15 is 0 Å². The molecule has 295 valence electrons. The van der Waals surface area contributed by atoms with Crippen molar-refractivity contribution in [1.82, 2.24) is 4.90 Å². The summed E-state index contributed by atoms with van der Waals surface area (Å²) in [7, 11) is 0. The summed E-state index contributed by atoms with van der Waals surface area (Å²) in [6, 6.07) is 0. The number of carboxylic acid groups (broad SMARTS) is 1. The van der Waals surface area contributed by atoms with E-state index in [4.69, 9.17) is 20.1 Å². The van der Waals surface area contributed by atoms with Gasteiger partial charge in [-0.05, 0) is 51.1 Å². The van der Waals surface area contributed by atoms with E-state index in [0.717, 1.165) is 51.2 Å². The van der Waals surface area contributed by atoms with Crippen molar-refractivity contribution in [1.29, 1.82) is 0 Å². The molecule has 0 bridgehead atoms.